The zero-order valence-electron chi connectivity index (χ0n) is 11.4. The molecule has 0 fully saturated rings. The minimum absolute atomic E-state index is 0.119. The van der Waals surface area contributed by atoms with Gasteiger partial charge in [-0.3, -0.25) is 9.98 Å². The molecule has 1 heterocycles. The van der Waals surface area contributed by atoms with Crippen LogP contribution in [0.1, 0.15) is 48.5 Å². The average molecular weight is 225 g/mol. The van der Waals surface area contributed by atoms with Gasteiger partial charge in [-0.05, 0) is 48.5 Å². The summed E-state index contributed by atoms with van der Waals surface area (Å²) in [5.74, 6) is 0. The monoisotopic (exact) mass is 225 g/mol. The van der Waals surface area contributed by atoms with Crippen molar-refractivity contribution in [2.24, 2.45) is 9.98 Å². The maximum atomic E-state index is 10.0. The molecule has 1 aliphatic rings. The van der Waals surface area contributed by atoms with Gasteiger partial charge in [0.15, 0.2) is 0 Å². The minimum atomic E-state index is -0.581. The highest BCUT2D eigenvalue weighted by Gasteiger charge is 2.46. The molecule has 0 saturated heterocycles. The van der Waals surface area contributed by atoms with Gasteiger partial charge in [-0.1, -0.05) is 0 Å². The summed E-state index contributed by atoms with van der Waals surface area (Å²) in [7, 11) is 0. The summed E-state index contributed by atoms with van der Waals surface area (Å²) in [6, 6.07) is 0. The van der Waals surface area contributed by atoms with E-state index in [9.17, 15) is 5.21 Å². The molecule has 4 heteroatoms. The lowest BCUT2D eigenvalue weighted by molar-refractivity contribution is -0.187. The smallest absolute Gasteiger partial charge is 0.131 e. The second kappa shape index (κ2) is 3.64. The molecule has 0 amide bonds. The fraction of sp³-hybridized carbons (Fsp3) is 0.833. The number of hydroxylamine groups is 2. The van der Waals surface area contributed by atoms with Gasteiger partial charge in [0.1, 0.15) is 5.66 Å². The largest absolute Gasteiger partial charge is 0.311 e. The molecule has 0 aliphatic carbocycles. The normalized spacial score (nSPS) is 25.1. The average Bonchev–Trinajstić information content (AvgIpc) is 2.22. The van der Waals surface area contributed by atoms with Crippen molar-refractivity contribution >= 4 is 11.9 Å². The number of aliphatic imine (C=N–C) groups is 2. The van der Waals surface area contributed by atoms with Crippen LogP contribution in [0.5, 0.6) is 0 Å². The van der Waals surface area contributed by atoms with Gasteiger partial charge in [-0.2, -0.15) is 5.06 Å². The molecule has 16 heavy (non-hydrogen) atoms. The summed E-state index contributed by atoms with van der Waals surface area (Å²) in [5, 5.41) is 11.3. The first-order chi connectivity index (χ1) is 6.97. The quantitative estimate of drug-likeness (QED) is 0.697. The molecule has 0 bridgehead atoms. The Bertz CT molecular complexity index is 335. The van der Waals surface area contributed by atoms with E-state index in [4.69, 9.17) is 0 Å². The van der Waals surface area contributed by atoms with Gasteiger partial charge < -0.3 is 5.21 Å². The number of nitrogens with zero attached hydrogens (tertiary/aromatic N) is 3. The van der Waals surface area contributed by atoms with Crippen molar-refractivity contribution in [1.82, 2.24) is 5.06 Å². The van der Waals surface area contributed by atoms with Crippen molar-refractivity contribution in [3.63, 3.8) is 0 Å². The SMILES string of the molecule is CC(C)(C)N=CC1=NC(C)(C)N(O)C1(C)C. The molecule has 0 saturated carbocycles. The van der Waals surface area contributed by atoms with E-state index in [1.54, 1.807) is 6.21 Å². The van der Waals surface area contributed by atoms with Crippen molar-refractivity contribution in [3.05, 3.63) is 0 Å². The van der Waals surface area contributed by atoms with Crippen LogP contribution in [0.2, 0.25) is 0 Å². The number of hydrogen-bond acceptors (Lipinski definition) is 4. The van der Waals surface area contributed by atoms with Crippen LogP contribution in [-0.2, 0) is 0 Å². The maximum absolute atomic E-state index is 10.0. The van der Waals surface area contributed by atoms with Gasteiger partial charge in [0.25, 0.3) is 0 Å². The topological polar surface area (TPSA) is 48.2 Å². The summed E-state index contributed by atoms with van der Waals surface area (Å²) in [5.41, 5.74) is -0.373. The molecule has 1 aliphatic heterocycles. The first-order valence-corrected chi connectivity index (χ1v) is 5.61. The van der Waals surface area contributed by atoms with Crippen molar-refractivity contribution in [2.45, 2.75) is 65.2 Å². The van der Waals surface area contributed by atoms with E-state index in [1.165, 1.54) is 5.06 Å². The Kier molecular flexibility index (Phi) is 3.03. The van der Waals surface area contributed by atoms with Gasteiger partial charge in [0, 0.05) is 6.21 Å². The Labute approximate surface area is 98.0 Å². The second-order valence-corrected chi connectivity index (χ2v) is 6.29. The molecule has 1 N–H and O–H groups in total. The fourth-order valence-corrected chi connectivity index (χ4v) is 1.71. The van der Waals surface area contributed by atoms with E-state index in [0.29, 0.717) is 0 Å². The zero-order valence-corrected chi connectivity index (χ0v) is 11.4. The first kappa shape index (κ1) is 13.3. The molecule has 0 aromatic carbocycles. The Balaban J connectivity index is 3.02. The first-order valence-electron chi connectivity index (χ1n) is 5.61. The van der Waals surface area contributed by atoms with Gasteiger partial charge in [-0.15, -0.1) is 0 Å². The van der Waals surface area contributed by atoms with E-state index in [0.717, 1.165) is 5.71 Å². The van der Waals surface area contributed by atoms with Crippen LogP contribution >= 0.6 is 0 Å². The summed E-state index contributed by atoms with van der Waals surface area (Å²) >= 11 is 0. The van der Waals surface area contributed by atoms with E-state index in [2.05, 4.69) is 9.98 Å². The number of hydrogen-bond donors (Lipinski definition) is 1. The Morgan fingerprint density at radius 3 is 2.06 bits per heavy atom. The molecule has 1 rings (SSSR count). The van der Waals surface area contributed by atoms with Crippen LogP contribution in [-0.4, -0.2) is 38.9 Å². The number of rotatable bonds is 1. The molecular weight excluding hydrogens is 202 g/mol. The van der Waals surface area contributed by atoms with E-state index in [-0.39, 0.29) is 5.54 Å². The third-order valence-corrected chi connectivity index (χ3v) is 2.64. The summed E-state index contributed by atoms with van der Waals surface area (Å²) in [6.45, 7) is 13.7. The Morgan fingerprint density at radius 2 is 1.75 bits per heavy atom. The highest BCUT2D eigenvalue weighted by Crippen LogP contribution is 2.32. The maximum Gasteiger partial charge on any atom is 0.131 e. The zero-order chi connectivity index (χ0) is 12.8. The predicted molar refractivity (Wildman–Crippen MR) is 67.5 cm³/mol. The molecule has 0 unspecified atom stereocenters. The van der Waals surface area contributed by atoms with Crippen molar-refractivity contribution < 1.29 is 5.21 Å². The highest BCUT2D eigenvalue weighted by atomic mass is 16.5. The van der Waals surface area contributed by atoms with Crippen molar-refractivity contribution in [3.8, 4) is 0 Å². The third kappa shape index (κ3) is 2.50. The molecule has 0 atom stereocenters. The highest BCUT2D eigenvalue weighted by molar-refractivity contribution is 6.35. The Hall–Kier alpha value is -0.740. The molecular formula is C12H23N3O. The molecule has 0 aromatic heterocycles. The van der Waals surface area contributed by atoms with Gasteiger partial charge >= 0.3 is 0 Å². The minimum Gasteiger partial charge on any atom is -0.311 e. The summed E-state index contributed by atoms with van der Waals surface area (Å²) in [4.78, 5) is 8.94. The lowest BCUT2D eigenvalue weighted by atomic mass is 9.99. The van der Waals surface area contributed by atoms with Gasteiger partial charge in [0.2, 0.25) is 0 Å². The third-order valence-electron chi connectivity index (χ3n) is 2.64. The molecule has 0 spiro atoms. The van der Waals surface area contributed by atoms with Crippen LogP contribution < -0.4 is 0 Å². The standard InChI is InChI=1S/C12H23N3O/c1-10(2,3)13-8-9-11(4,5)15(16)12(6,7)14-9/h8,16H,1-7H3. The van der Waals surface area contributed by atoms with Crippen LogP contribution in [0.4, 0.5) is 0 Å². The second-order valence-electron chi connectivity index (χ2n) is 6.29. The molecule has 92 valence electrons. The lowest BCUT2D eigenvalue weighted by Gasteiger charge is -2.33. The summed E-state index contributed by atoms with van der Waals surface area (Å²) in [6.07, 6.45) is 1.78. The molecule has 0 radical (unpaired) electrons. The van der Waals surface area contributed by atoms with Crippen LogP contribution in [0.3, 0.4) is 0 Å². The Morgan fingerprint density at radius 1 is 1.25 bits per heavy atom. The van der Waals surface area contributed by atoms with Crippen LogP contribution in [0.25, 0.3) is 0 Å². The van der Waals surface area contributed by atoms with E-state index < -0.39 is 11.2 Å². The van der Waals surface area contributed by atoms with E-state index in [1.807, 2.05) is 48.5 Å². The predicted octanol–water partition coefficient (Wildman–Crippen LogP) is 2.52. The molecule has 0 aromatic rings. The van der Waals surface area contributed by atoms with Crippen molar-refractivity contribution in [2.75, 3.05) is 0 Å². The lowest BCUT2D eigenvalue weighted by Crippen LogP contribution is -2.50. The van der Waals surface area contributed by atoms with Gasteiger partial charge in [-0.25, -0.2) is 0 Å². The van der Waals surface area contributed by atoms with Crippen LogP contribution in [0, 0.1) is 0 Å². The fourth-order valence-electron chi connectivity index (χ4n) is 1.71. The summed E-state index contributed by atoms with van der Waals surface area (Å²) < 4.78 is 0. The molecule has 4 nitrogen and oxygen atoms in total. The van der Waals surface area contributed by atoms with Gasteiger partial charge in [0.05, 0.1) is 16.8 Å². The van der Waals surface area contributed by atoms with Crippen LogP contribution in [0.15, 0.2) is 9.98 Å². The van der Waals surface area contributed by atoms with E-state index >= 15 is 0 Å². The van der Waals surface area contributed by atoms with Crippen molar-refractivity contribution in [1.29, 1.82) is 0 Å².